The van der Waals surface area contributed by atoms with Crippen LogP contribution in [0.4, 0.5) is 5.69 Å². The van der Waals surface area contributed by atoms with E-state index in [1.54, 1.807) is 6.07 Å². The van der Waals surface area contributed by atoms with E-state index in [2.05, 4.69) is 21.2 Å². The monoisotopic (exact) mass is 284 g/mol. The van der Waals surface area contributed by atoms with Gasteiger partial charge in [0.15, 0.2) is 0 Å². The van der Waals surface area contributed by atoms with Crippen molar-refractivity contribution in [2.75, 3.05) is 13.1 Å². The summed E-state index contributed by atoms with van der Waals surface area (Å²) in [6.07, 6.45) is 1.89. The normalized spacial score (nSPS) is 19.9. The molecule has 5 heteroatoms. The molecule has 1 N–H and O–H groups in total. The fourth-order valence-electron chi connectivity index (χ4n) is 2.08. The number of rotatable bonds is 3. The van der Waals surface area contributed by atoms with Gasteiger partial charge in [-0.2, -0.15) is 0 Å². The highest BCUT2D eigenvalue weighted by atomic mass is 79.9. The Morgan fingerprint density at radius 3 is 3.00 bits per heavy atom. The third-order valence-corrected chi connectivity index (χ3v) is 3.41. The molecule has 86 valence electrons. The third kappa shape index (κ3) is 2.59. The largest absolute Gasteiger partial charge is 0.316 e. The van der Waals surface area contributed by atoms with Crippen LogP contribution in [-0.2, 0) is 6.42 Å². The lowest BCUT2D eigenvalue weighted by molar-refractivity contribution is -0.385. The summed E-state index contributed by atoms with van der Waals surface area (Å²) in [5.41, 5.74) is 1.06. The van der Waals surface area contributed by atoms with Gasteiger partial charge in [-0.3, -0.25) is 10.1 Å². The minimum atomic E-state index is -0.303. The average molecular weight is 285 g/mol. The Balaban J connectivity index is 2.21. The van der Waals surface area contributed by atoms with Gasteiger partial charge < -0.3 is 5.32 Å². The van der Waals surface area contributed by atoms with Crippen molar-refractivity contribution in [1.82, 2.24) is 5.32 Å². The molecule has 1 aromatic carbocycles. The summed E-state index contributed by atoms with van der Waals surface area (Å²) in [6, 6.07) is 5.29. The predicted octanol–water partition coefficient (Wildman–Crippen LogP) is 2.51. The molecule has 1 fully saturated rings. The van der Waals surface area contributed by atoms with Crippen LogP contribution in [0.2, 0.25) is 0 Å². The molecule has 0 aliphatic carbocycles. The fourth-order valence-corrected chi connectivity index (χ4v) is 2.43. The highest BCUT2D eigenvalue weighted by molar-refractivity contribution is 9.10. The van der Waals surface area contributed by atoms with E-state index in [4.69, 9.17) is 0 Å². The lowest BCUT2D eigenvalue weighted by atomic mass is 9.97. The minimum absolute atomic E-state index is 0.223. The van der Waals surface area contributed by atoms with Crippen LogP contribution in [0.5, 0.6) is 0 Å². The van der Waals surface area contributed by atoms with Gasteiger partial charge in [-0.25, -0.2) is 0 Å². The second kappa shape index (κ2) is 4.93. The number of nitrogens with one attached hydrogen (secondary N) is 1. The first kappa shape index (κ1) is 11.5. The van der Waals surface area contributed by atoms with Crippen LogP contribution in [0.3, 0.4) is 0 Å². The molecule has 1 atom stereocenters. The van der Waals surface area contributed by atoms with Gasteiger partial charge >= 0.3 is 0 Å². The third-order valence-electron chi connectivity index (χ3n) is 2.92. The molecular formula is C11H13BrN2O2. The Morgan fingerprint density at radius 1 is 1.56 bits per heavy atom. The zero-order valence-corrected chi connectivity index (χ0v) is 10.4. The summed E-state index contributed by atoms with van der Waals surface area (Å²) in [4.78, 5) is 10.6. The zero-order chi connectivity index (χ0) is 11.5. The predicted molar refractivity (Wildman–Crippen MR) is 65.5 cm³/mol. The van der Waals surface area contributed by atoms with Gasteiger partial charge in [0.05, 0.1) is 4.92 Å². The van der Waals surface area contributed by atoms with Crippen molar-refractivity contribution in [3.8, 4) is 0 Å². The van der Waals surface area contributed by atoms with Crippen molar-refractivity contribution in [3.63, 3.8) is 0 Å². The molecule has 0 spiro atoms. The topological polar surface area (TPSA) is 55.2 Å². The van der Waals surface area contributed by atoms with Crippen molar-refractivity contribution >= 4 is 21.6 Å². The van der Waals surface area contributed by atoms with E-state index in [0.717, 1.165) is 36.0 Å². The Hall–Kier alpha value is -0.940. The van der Waals surface area contributed by atoms with Gasteiger partial charge in [-0.15, -0.1) is 0 Å². The Labute approximate surface area is 102 Å². The zero-order valence-electron chi connectivity index (χ0n) is 8.78. The van der Waals surface area contributed by atoms with Gasteiger partial charge in [0, 0.05) is 16.1 Å². The Kier molecular flexibility index (Phi) is 3.56. The van der Waals surface area contributed by atoms with E-state index in [9.17, 15) is 10.1 Å². The van der Waals surface area contributed by atoms with Gasteiger partial charge in [0.25, 0.3) is 5.69 Å². The summed E-state index contributed by atoms with van der Waals surface area (Å²) in [7, 11) is 0. The highest BCUT2D eigenvalue weighted by Gasteiger charge is 2.20. The first-order chi connectivity index (χ1) is 7.66. The van der Waals surface area contributed by atoms with E-state index in [-0.39, 0.29) is 10.6 Å². The molecule has 1 saturated heterocycles. The van der Waals surface area contributed by atoms with Crippen LogP contribution in [0.1, 0.15) is 12.0 Å². The summed E-state index contributed by atoms with van der Waals surface area (Å²) in [5.74, 6) is 0.528. The van der Waals surface area contributed by atoms with Crippen LogP contribution in [0.25, 0.3) is 0 Å². The molecule has 0 radical (unpaired) electrons. The lowest BCUT2D eigenvalue weighted by Crippen LogP contribution is -2.11. The lowest BCUT2D eigenvalue weighted by Gasteiger charge is -2.08. The Morgan fingerprint density at radius 2 is 2.38 bits per heavy atom. The van der Waals surface area contributed by atoms with E-state index in [0.29, 0.717) is 5.92 Å². The number of hydrogen-bond acceptors (Lipinski definition) is 3. The summed E-state index contributed by atoms with van der Waals surface area (Å²) >= 11 is 3.26. The molecule has 1 unspecified atom stereocenters. The molecule has 2 rings (SSSR count). The first-order valence-corrected chi connectivity index (χ1v) is 6.09. The van der Waals surface area contributed by atoms with Crippen molar-refractivity contribution in [3.05, 3.63) is 38.3 Å². The van der Waals surface area contributed by atoms with Crippen molar-refractivity contribution in [2.24, 2.45) is 5.92 Å². The quantitative estimate of drug-likeness (QED) is 0.685. The summed E-state index contributed by atoms with van der Waals surface area (Å²) in [5, 5.41) is 14.2. The molecule has 4 nitrogen and oxygen atoms in total. The van der Waals surface area contributed by atoms with Gasteiger partial charge in [-0.1, -0.05) is 22.0 Å². The molecule has 1 aromatic rings. The Bertz CT molecular complexity index is 403. The van der Waals surface area contributed by atoms with E-state index < -0.39 is 0 Å². The van der Waals surface area contributed by atoms with Crippen LogP contribution < -0.4 is 5.32 Å². The van der Waals surface area contributed by atoms with E-state index in [1.807, 2.05) is 12.1 Å². The van der Waals surface area contributed by atoms with Crippen molar-refractivity contribution in [2.45, 2.75) is 12.8 Å². The van der Waals surface area contributed by atoms with Crippen LogP contribution in [0.15, 0.2) is 22.7 Å². The first-order valence-electron chi connectivity index (χ1n) is 5.30. The van der Waals surface area contributed by atoms with Gasteiger partial charge in [0.1, 0.15) is 0 Å². The molecule has 0 saturated carbocycles. The molecule has 1 aliphatic heterocycles. The smallest absolute Gasteiger partial charge is 0.273 e. The minimum Gasteiger partial charge on any atom is -0.316 e. The average Bonchev–Trinajstić information content (AvgIpc) is 2.73. The SMILES string of the molecule is O=[N+]([O-])c1cc(Br)ccc1CC1CCNC1. The number of nitro benzene ring substituents is 1. The van der Waals surface area contributed by atoms with E-state index >= 15 is 0 Å². The molecule has 0 amide bonds. The van der Waals surface area contributed by atoms with Gasteiger partial charge in [-0.05, 0) is 37.9 Å². The van der Waals surface area contributed by atoms with Crippen LogP contribution in [0, 0.1) is 16.0 Å². The maximum absolute atomic E-state index is 10.9. The molecule has 1 aliphatic rings. The van der Waals surface area contributed by atoms with Crippen LogP contribution in [-0.4, -0.2) is 18.0 Å². The number of halogens is 1. The highest BCUT2D eigenvalue weighted by Crippen LogP contribution is 2.27. The maximum Gasteiger partial charge on any atom is 0.273 e. The second-order valence-electron chi connectivity index (χ2n) is 4.09. The fraction of sp³-hybridized carbons (Fsp3) is 0.455. The van der Waals surface area contributed by atoms with Crippen molar-refractivity contribution < 1.29 is 4.92 Å². The number of hydrogen-bond donors (Lipinski definition) is 1. The number of benzene rings is 1. The summed E-state index contributed by atoms with van der Waals surface area (Å²) in [6.45, 7) is 1.99. The molecule has 0 aromatic heterocycles. The summed E-state index contributed by atoms with van der Waals surface area (Å²) < 4.78 is 0.757. The van der Waals surface area contributed by atoms with Gasteiger partial charge in [0.2, 0.25) is 0 Å². The standard InChI is InChI=1S/C11H13BrN2O2/c12-10-2-1-9(11(6-10)14(15)16)5-8-3-4-13-7-8/h1-2,6,8,13H,3-5,7H2. The van der Waals surface area contributed by atoms with Crippen molar-refractivity contribution in [1.29, 1.82) is 0 Å². The second-order valence-corrected chi connectivity index (χ2v) is 5.01. The number of nitrogens with zero attached hydrogens (tertiary/aromatic N) is 1. The van der Waals surface area contributed by atoms with E-state index in [1.165, 1.54) is 0 Å². The maximum atomic E-state index is 10.9. The molecule has 16 heavy (non-hydrogen) atoms. The van der Waals surface area contributed by atoms with Crippen LogP contribution >= 0.6 is 15.9 Å². The molecule has 0 bridgehead atoms. The molecule has 1 heterocycles. The number of nitro groups is 1. The molecular weight excluding hydrogens is 272 g/mol.